The molecule has 0 spiro atoms. The van der Waals surface area contributed by atoms with E-state index in [0.29, 0.717) is 12.0 Å². The molecule has 2 nitrogen and oxygen atoms in total. The molecule has 1 aliphatic rings. The second-order valence-electron chi connectivity index (χ2n) is 6.62. The molecular formula is C16H33NO. The van der Waals surface area contributed by atoms with Crippen molar-refractivity contribution < 1.29 is 5.11 Å². The van der Waals surface area contributed by atoms with Gasteiger partial charge in [0.05, 0.1) is 0 Å². The number of rotatable bonds is 10. The summed E-state index contributed by atoms with van der Waals surface area (Å²) in [7, 11) is 0. The average molecular weight is 255 g/mol. The van der Waals surface area contributed by atoms with Crippen molar-refractivity contribution in [1.82, 2.24) is 5.32 Å². The van der Waals surface area contributed by atoms with E-state index >= 15 is 0 Å². The highest BCUT2D eigenvalue weighted by Crippen LogP contribution is 2.42. The molecule has 0 bridgehead atoms. The second kappa shape index (κ2) is 8.92. The Balaban J connectivity index is 2.11. The summed E-state index contributed by atoms with van der Waals surface area (Å²) in [6.45, 7) is 7.45. The van der Waals surface area contributed by atoms with Crippen LogP contribution < -0.4 is 5.32 Å². The van der Waals surface area contributed by atoms with Crippen LogP contribution >= 0.6 is 0 Å². The molecule has 1 fully saturated rings. The normalized spacial score (nSPS) is 18.7. The standard InChI is InChI=1S/C16H33NO/c1-15(2)13-16(9-5-6-10-16)14-17-11-7-3-4-8-12-18/h15,17-18H,3-14H2,1-2H3. The second-order valence-corrected chi connectivity index (χ2v) is 6.62. The van der Waals surface area contributed by atoms with Gasteiger partial charge in [0.15, 0.2) is 0 Å². The molecule has 0 aromatic carbocycles. The predicted octanol–water partition coefficient (Wildman–Crippen LogP) is 3.74. The van der Waals surface area contributed by atoms with Crippen LogP contribution in [-0.2, 0) is 0 Å². The van der Waals surface area contributed by atoms with Crippen molar-refractivity contribution in [2.45, 2.75) is 71.6 Å². The highest BCUT2D eigenvalue weighted by molar-refractivity contribution is 4.87. The van der Waals surface area contributed by atoms with E-state index in [9.17, 15) is 0 Å². The molecule has 0 atom stereocenters. The summed E-state index contributed by atoms with van der Waals surface area (Å²) in [5.41, 5.74) is 0.610. The molecule has 0 radical (unpaired) electrons. The molecule has 108 valence electrons. The first-order valence-electron chi connectivity index (χ1n) is 8.00. The molecule has 2 N–H and O–H groups in total. The largest absolute Gasteiger partial charge is 0.396 e. The highest BCUT2D eigenvalue weighted by Gasteiger charge is 2.33. The van der Waals surface area contributed by atoms with E-state index in [1.54, 1.807) is 0 Å². The van der Waals surface area contributed by atoms with E-state index in [1.165, 1.54) is 57.9 Å². The Kier molecular flexibility index (Phi) is 7.92. The molecule has 1 rings (SSSR count). The van der Waals surface area contributed by atoms with Gasteiger partial charge in [0, 0.05) is 13.2 Å². The maximum Gasteiger partial charge on any atom is 0.0431 e. The Morgan fingerprint density at radius 2 is 1.72 bits per heavy atom. The summed E-state index contributed by atoms with van der Waals surface area (Å²) in [4.78, 5) is 0. The molecule has 1 saturated carbocycles. The van der Waals surface area contributed by atoms with Crippen LogP contribution in [0.1, 0.15) is 71.6 Å². The molecule has 0 aromatic heterocycles. The van der Waals surface area contributed by atoms with Crippen LogP contribution in [-0.4, -0.2) is 24.8 Å². The van der Waals surface area contributed by atoms with Crippen LogP contribution in [0.25, 0.3) is 0 Å². The van der Waals surface area contributed by atoms with Crippen molar-refractivity contribution in [3.8, 4) is 0 Å². The van der Waals surface area contributed by atoms with E-state index in [4.69, 9.17) is 5.11 Å². The van der Waals surface area contributed by atoms with Gasteiger partial charge < -0.3 is 10.4 Å². The first-order chi connectivity index (χ1) is 8.68. The van der Waals surface area contributed by atoms with Crippen molar-refractivity contribution in [2.75, 3.05) is 19.7 Å². The summed E-state index contributed by atoms with van der Waals surface area (Å²) in [6, 6.07) is 0. The Bertz CT molecular complexity index is 197. The summed E-state index contributed by atoms with van der Waals surface area (Å²) in [6.07, 6.45) is 11.8. The van der Waals surface area contributed by atoms with Crippen molar-refractivity contribution >= 4 is 0 Å². The number of nitrogens with one attached hydrogen (secondary N) is 1. The van der Waals surface area contributed by atoms with Crippen LogP contribution in [0.2, 0.25) is 0 Å². The SMILES string of the molecule is CC(C)CC1(CNCCCCCCO)CCCC1. The van der Waals surface area contributed by atoms with Gasteiger partial charge in [0.25, 0.3) is 0 Å². The highest BCUT2D eigenvalue weighted by atomic mass is 16.2. The third-order valence-electron chi connectivity index (χ3n) is 4.27. The van der Waals surface area contributed by atoms with Gasteiger partial charge in [0.2, 0.25) is 0 Å². The molecule has 0 unspecified atom stereocenters. The van der Waals surface area contributed by atoms with Crippen LogP contribution in [0.5, 0.6) is 0 Å². The minimum Gasteiger partial charge on any atom is -0.396 e. The Hall–Kier alpha value is -0.0800. The van der Waals surface area contributed by atoms with Crippen molar-refractivity contribution in [3.63, 3.8) is 0 Å². The molecular weight excluding hydrogens is 222 g/mol. The number of unbranched alkanes of at least 4 members (excludes halogenated alkanes) is 3. The molecule has 18 heavy (non-hydrogen) atoms. The molecule has 2 heteroatoms. The zero-order valence-electron chi connectivity index (χ0n) is 12.5. The van der Waals surface area contributed by atoms with Gasteiger partial charge in [-0.1, -0.05) is 39.5 Å². The van der Waals surface area contributed by atoms with Crippen molar-refractivity contribution in [1.29, 1.82) is 0 Å². The van der Waals surface area contributed by atoms with Gasteiger partial charge in [-0.2, -0.15) is 0 Å². The number of hydrogen-bond acceptors (Lipinski definition) is 2. The quantitative estimate of drug-likeness (QED) is 0.583. The molecule has 0 saturated heterocycles. The fourth-order valence-corrected chi connectivity index (χ4v) is 3.51. The molecule has 0 aromatic rings. The fourth-order valence-electron chi connectivity index (χ4n) is 3.51. The summed E-state index contributed by atoms with van der Waals surface area (Å²) < 4.78 is 0. The zero-order chi connectivity index (χ0) is 13.3. The topological polar surface area (TPSA) is 32.3 Å². The molecule has 0 aliphatic heterocycles. The van der Waals surface area contributed by atoms with Crippen LogP contribution in [0, 0.1) is 11.3 Å². The van der Waals surface area contributed by atoms with Gasteiger partial charge in [-0.25, -0.2) is 0 Å². The van der Waals surface area contributed by atoms with E-state index in [2.05, 4.69) is 19.2 Å². The first-order valence-corrected chi connectivity index (χ1v) is 8.00. The summed E-state index contributed by atoms with van der Waals surface area (Å²) in [5, 5.41) is 12.4. The molecule has 0 heterocycles. The van der Waals surface area contributed by atoms with Gasteiger partial charge in [0.1, 0.15) is 0 Å². The molecule has 0 amide bonds. The van der Waals surface area contributed by atoms with Gasteiger partial charge in [-0.15, -0.1) is 0 Å². The number of aliphatic hydroxyl groups is 1. The van der Waals surface area contributed by atoms with E-state index < -0.39 is 0 Å². The van der Waals surface area contributed by atoms with E-state index in [1.807, 2.05) is 0 Å². The van der Waals surface area contributed by atoms with Crippen molar-refractivity contribution in [2.24, 2.45) is 11.3 Å². The fraction of sp³-hybridized carbons (Fsp3) is 1.00. The van der Waals surface area contributed by atoms with Gasteiger partial charge >= 0.3 is 0 Å². The lowest BCUT2D eigenvalue weighted by Gasteiger charge is -2.31. The third-order valence-corrected chi connectivity index (χ3v) is 4.27. The van der Waals surface area contributed by atoms with E-state index in [-0.39, 0.29) is 0 Å². The number of hydrogen-bond donors (Lipinski definition) is 2. The zero-order valence-corrected chi connectivity index (χ0v) is 12.5. The maximum absolute atomic E-state index is 8.71. The minimum atomic E-state index is 0.352. The van der Waals surface area contributed by atoms with Crippen LogP contribution in [0.3, 0.4) is 0 Å². The average Bonchev–Trinajstić information content (AvgIpc) is 2.76. The van der Waals surface area contributed by atoms with Gasteiger partial charge in [-0.05, 0) is 50.0 Å². The Morgan fingerprint density at radius 3 is 2.33 bits per heavy atom. The Morgan fingerprint density at radius 1 is 1.06 bits per heavy atom. The van der Waals surface area contributed by atoms with E-state index in [0.717, 1.165) is 18.9 Å². The number of aliphatic hydroxyl groups excluding tert-OH is 1. The van der Waals surface area contributed by atoms with Crippen molar-refractivity contribution in [3.05, 3.63) is 0 Å². The first kappa shape index (κ1) is 16.0. The van der Waals surface area contributed by atoms with Crippen LogP contribution in [0.15, 0.2) is 0 Å². The summed E-state index contributed by atoms with van der Waals surface area (Å²) >= 11 is 0. The van der Waals surface area contributed by atoms with Crippen LogP contribution in [0.4, 0.5) is 0 Å². The molecule has 1 aliphatic carbocycles. The maximum atomic E-state index is 8.71. The monoisotopic (exact) mass is 255 g/mol. The smallest absolute Gasteiger partial charge is 0.0431 e. The van der Waals surface area contributed by atoms with Gasteiger partial charge in [-0.3, -0.25) is 0 Å². The Labute approximate surface area is 114 Å². The lowest BCUT2D eigenvalue weighted by atomic mass is 9.78. The minimum absolute atomic E-state index is 0.352. The third kappa shape index (κ3) is 6.19. The lowest BCUT2D eigenvalue weighted by molar-refractivity contribution is 0.223. The predicted molar refractivity (Wildman–Crippen MR) is 78.8 cm³/mol. The summed E-state index contributed by atoms with van der Waals surface area (Å²) in [5.74, 6) is 0.828. The lowest BCUT2D eigenvalue weighted by Crippen LogP contribution is -2.33.